The third-order valence-corrected chi connectivity index (χ3v) is 9.89. The molecule has 1 aliphatic rings. The summed E-state index contributed by atoms with van der Waals surface area (Å²) in [5, 5.41) is 17.7. The molecule has 5 rings (SSSR count). The molecule has 0 spiro atoms. The third kappa shape index (κ3) is 5.94. The van der Waals surface area contributed by atoms with E-state index in [2.05, 4.69) is 39.3 Å². The molecular weight excluding hydrogens is 572 g/mol. The molecule has 0 radical (unpaired) electrons. The molecule has 204 valence electrons. The highest BCUT2D eigenvalue weighted by molar-refractivity contribution is 7.99. The minimum Gasteiger partial charge on any atom is -0.465 e. The normalized spacial score (nSPS) is 14.7. The Bertz CT molecular complexity index is 1490. The number of thioether (sulfide) groups is 1. The molecule has 1 N–H and O–H groups in total. The van der Waals surface area contributed by atoms with Crippen LogP contribution in [0.2, 0.25) is 5.02 Å². The van der Waals surface area contributed by atoms with Crippen molar-refractivity contribution in [3.8, 4) is 22.5 Å². The topological polar surface area (TPSA) is 86.1 Å². The van der Waals surface area contributed by atoms with Gasteiger partial charge in [-0.15, -0.1) is 32.9 Å². The molecule has 3 heterocycles. The first-order valence-corrected chi connectivity index (χ1v) is 15.9. The van der Waals surface area contributed by atoms with Gasteiger partial charge in [0.2, 0.25) is 5.91 Å². The number of amides is 1. The number of rotatable bonds is 9. The molecule has 1 unspecified atom stereocenters. The number of ether oxygens (including phenoxy) is 1. The van der Waals surface area contributed by atoms with E-state index in [1.807, 2.05) is 28.8 Å². The predicted molar refractivity (Wildman–Crippen MR) is 160 cm³/mol. The zero-order valence-corrected chi connectivity index (χ0v) is 25.2. The Hall–Kier alpha value is -2.66. The summed E-state index contributed by atoms with van der Waals surface area (Å²) in [6, 6.07) is 7.19. The predicted octanol–water partition coefficient (Wildman–Crippen LogP) is 7.44. The fourth-order valence-electron chi connectivity index (χ4n) is 4.77. The molecule has 4 aromatic rings. The maximum Gasteiger partial charge on any atom is 0.341 e. The van der Waals surface area contributed by atoms with Crippen LogP contribution >= 0.6 is 46.0 Å². The Kier molecular flexibility index (Phi) is 8.76. The number of hydrogen-bond donors (Lipinski definition) is 1. The number of aromatic nitrogens is 3. The lowest BCUT2D eigenvalue weighted by Gasteiger charge is -2.19. The highest BCUT2D eigenvalue weighted by Gasteiger charge is 2.26. The van der Waals surface area contributed by atoms with Crippen LogP contribution in [0.1, 0.15) is 47.5 Å². The molecule has 39 heavy (non-hydrogen) atoms. The van der Waals surface area contributed by atoms with Crippen LogP contribution in [0.4, 0.5) is 5.00 Å². The maximum absolute atomic E-state index is 13.0. The zero-order chi connectivity index (χ0) is 27.5. The van der Waals surface area contributed by atoms with Gasteiger partial charge in [-0.1, -0.05) is 49.3 Å². The van der Waals surface area contributed by atoms with Crippen LogP contribution in [-0.2, 0) is 28.9 Å². The monoisotopic (exact) mass is 600 g/mol. The van der Waals surface area contributed by atoms with Gasteiger partial charge >= 0.3 is 5.97 Å². The van der Waals surface area contributed by atoms with Crippen molar-refractivity contribution in [1.29, 1.82) is 0 Å². The number of halogens is 1. The van der Waals surface area contributed by atoms with Gasteiger partial charge in [0.15, 0.2) is 11.0 Å². The minimum absolute atomic E-state index is 0.135. The lowest BCUT2D eigenvalue weighted by atomic mass is 9.88. The second kappa shape index (κ2) is 12.2. The van der Waals surface area contributed by atoms with Crippen LogP contribution in [0, 0.1) is 5.92 Å². The summed E-state index contributed by atoms with van der Waals surface area (Å²) in [7, 11) is 1.33. The van der Waals surface area contributed by atoms with Crippen molar-refractivity contribution in [3.63, 3.8) is 0 Å². The standard InChI is InChI=1S/C28H29ClN4O3S3/c1-4-11-33-25(21-14-37-22-12-16(2)5-10-19(21)22)31-32-28(33)39-15-23(34)30-26-24(27(35)36-3)20(13-38-26)17-6-8-18(29)9-7-17/h6-9,13-14,16H,4-5,10-12,15H2,1-3H3,(H,30,34). The second-order valence-electron chi connectivity index (χ2n) is 9.55. The van der Waals surface area contributed by atoms with E-state index < -0.39 is 5.97 Å². The van der Waals surface area contributed by atoms with Crippen molar-refractivity contribution in [1.82, 2.24) is 14.8 Å². The van der Waals surface area contributed by atoms with E-state index in [1.165, 1.54) is 52.6 Å². The van der Waals surface area contributed by atoms with Crippen LogP contribution in [-0.4, -0.2) is 39.5 Å². The molecule has 0 fully saturated rings. The van der Waals surface area contributed by atoms with Gasteiger partial charge in [-0.05, 0) is 54.9 Å². The number of nitrogens with zero attached hydrogens (tertiary/aromatic N) is 3. The minimum atomic E-state index is -0.509. The number of fused-ring (bicyclic) bond motifs is 1. The molecule has 0 saturated carbocycles. The van der Waals surface area contributed by atoms with Crippen LogP contribution in [0.15, 0.2) is 40.2 Å². The summed E-state index contributed by atoms with van der Waals surface area (Å²) in [6.07, 6.45) is 4.32. The summed E-state index contributed by atoms with van der Waals surface area (Å²) >= 11 is 10.5. The molecule has 1 aromatic carbocycles. The Morgan fingerprint density at radius 2 is 1.95 bits per heavy atom. The SMILES string of the molecule is CCCn1c(SCC(=O)Nc2scc(-c3ccc(Cl)cc3)c2C(=O)OC)nnc1-c1csc2c1CCC(C)C2. The van der Waals surface area contributed by atoms with Gasteiger partial charge in [-0.3, -0.25) is 4.79 Å². The van der Waals surface area contributed by atoms with Crippen molar-refractivity contribution in [2.45, 2.75) is 51.2 Å². The van der Waals surface area contributed by atoms with Gasteiger partial charge in [-0.25, -0.2) is 4.79 Å². The second-order valence-corrected chi connectivity index (χ2v) is 12.8. The van der Waals surface area contributed by atoms with E-state index in [1.54, 1.807) is 12.1 Å². The smallest absolute Gasteiger partial charge is 0.341 e. The number of benzene rings is 1. The van der Waals surface area contributed by atoms with Crippen LogP contribution in [0.5, 0.6) is 0 Å². The number of carbonyl (C=O) groups is 2. The Morgan fingerprint density at radius 3 is 2.69 bits per heavy atom. The molecule has 11 heteroatoms. The van der Waals surface area contributed by atoms with E-state index in [0.29, 0.717) is 32.2 Å². The summed E-state index contributed by atoms with van der Waals surface area (Å²) in [5.41, 5.74) is 4.41. The number of hydrogen-bond acceptors (Lipinski definition) is 8. The number of carbonyl (C=O) groups excluding carboxylic acids is 2. The molecule has 1 amide bonds. The maximum atomic E-state index is 13.0. The molecule has 0 bridgehead atoms. The highest BCUT2D eigenvalue weighted by atomic mass is 35.5. The Morgan fingerprint density at radius 1 is 1.18 bits per heavy atom. The molecule has 1 atom stereocenters. The first kappa shape index (κ1) is 27.9. The lowest BCUT2D eigenvalue weighted by molar-refractivity contribution is -0.113. The fourth-order valence-corrected chi connectivity index (χ4v) is 7.88. The van der Waals surface area contributed by atoms with Crippen LogP contribution in [0.3, 0.4) is 0 Å². The van der Waals surface area contributed by atoms with Crippen LogP contribution < -0.4 is 5.32 Å². The van der Waals surface area contributed by atoms with Gasteiger partial charge in [0.05, 0.1) is 12.9 Å². The van der Waals surface area contributed by atoms with Crippen LogP contribution in [0.25, 0.3) is 22.5 Å². The van der Waals surface area contributed by atoms with Crippen molar-refractivity contribution < 1.29 is 14.3 Å². The van der Waals surface area contributed by atoms with Gasteiger partial charge in [-0.2, -0.15) is 0 Å². The van der Waals surface area contributed by atoms with E-state index in [4.69, 9.17) is 16.3 Å². The number of esters is 1. The average molecular weight is 601 g/mol. The zero-order valence-electron chi connectivity index (χ0n) is 22.0. The molecule has 0 saturated heterocycles. The van der Waals surface area contributed by atoms with E-state index in [0.717, 1.165) is 37.2 Å². The molecule has 7 nitrogen and oxygen atoms in total. The van der Waals surface area contributed by atoms with E-state index >= 15 is 0 Å². The summed E-state index contributed by atoms with van der Waals surface area (Å²) < 4.78 is 7.15. The van der Waals surface area contributed by atoms with Crippen molar-refractivity contribution in [2.75, 3.05) is 18.2 Å². The van der Waals surface area contributed by atoms with Gasteiger partial charge < -0.3 is 14.6 Å². The van der Waals surface area contributed by atoms with Crippen molar-refractivity contribution >= 4 is 62.9 Å². The average Bonchev–Trinajstić information content (AvgIpc) is 3.64. The molecule has 0 aliphatic heterocycles. The fraction of sp³-hybridized carbons (Fsp3) is 0.357. The Labute approximate surface area is 244 Å². The lowest BCUT2D eigenvalue weighted by Crippen LogP contribution is -2.16. The van der Waals surface area contributed by atoms with E-state index in [9.17, 15) is 9.59 Å². The highest BCUT2D eigenvalue weighted by Crippen LogP contribution is 2.39. The van der Waals surface area contributed by atoms with Gasteiger partial charge in [0.1, 0.15) is 10.6 Å². The number of nitrogens with one attached hydrogen (secondary N) is 1. The van der Waals surface area contributed by atoms with Crippen molar-refractivity contribution in [3.05, 3.63) is 56.1 Å². The summed E-state index contributed by atoms with van der Waals surface area (Å²) in [6.45, 7) is 5.21. The number of thiophene rings is 2. The molecule has 1 aliphatic carbocycles. The number of methoxy groups -OCH3 is 1. The number of anilines is 1. The first-order valence-electron chi connectivity index (χ1n) is 12.8. The Balaban J connectivity index is 1.33. The quantitative estimate of drug-likeness (QED) is 0.159. The van der Waals surface area contributed by atoms with Crippen molar-refractivity contribution in [2.24, 2.45) is 5.92 Å². The summed E-state index contributed by atoms with van der Waals surface area (Å²) in [4.78, 5) is 27.1. The largest absolute Gasteiger partial charge is 0.465 e. The van der Waals surface area contributed by atoms with E-state index in [-0.39, 0.29) is 11.7 Å². The van der Waals surface area contributed by atoms with Gasteiger partial charge in [0.25, 0.3) is 0 Å². The molecular formula is C28H29ClN4O3S3. The third-order valence-electron chi connectivity index (χ3n) is 6.73. The first-order chi connectivity index (χ1) is 18.9. The van der Waals surface area contributed by atoms with Gasteiger partial charge in [0, 0.05) is 38.3 Å². The molecule has 3 aromatic heterocycles. The summed E-state index contributed by atoms with van der Waals surface area (Å²) in [5.74, 6) is 0.989.